The van der Waals surface area contributed by atoms with Gasteiger partial charge in [-0.05, 0) is 37.1 Å². The lowest BCUT2D eigenvalue weighted by molar-refractivity contribution is -0.137. The quantitative estimate of drug-likeness (QED) is 0.800. The van der Waals surface area contributed by atoms with Gasteiger partial charge < -0.3 is 9.64 Å². The highest BCUT2D eigenvalue weighted by Crippen LogP contribution is 2.30. The van der Waals surface area contributed by atoms with E-state index in [9.17, 15) is 13.2 Å². The second-order valence-electron chi connectivity index (χ2n) is 5.21. The van der Waals surface area contributed by atoms with Crippen LogP contribution in [0.2, 0.25) is 0 Å². The molecule has 120 valence electrons. The van der Waals surface area contributed by atoms with Crippen molar-refractivity contribution >= 4 is 0 Å². The molecule has 0 bridgehead atoms. The monoisotopic (exact) mass is 311 g/mol. The number of halogens is 3. The SMILES string of the molecule is CCN(Cc1cccc(C(F)(F)F)c1)C1=CCC(OC)C=C1. The summed E-state index contributed by atoms with van der Waals surface area (Å²) in [5, 5.41) is 0. The molecule has 1 atom stereocenters. The van der Waals surface area contributed by atoms with Gasteiger partial charge in [-0.15, -0.1) is 0 Å². The first kappa shape index (κ1) is 16.6. The number of hydrogen-bond acceptors (Lipinski definition) is 2. The molecule has 1 aromatic rings. The van der Waals surface area contributed by atoms with Gasteiger partial charge >= 0.3 is 6.18 Å². The van der Waals surface area contributed by atoms with Gasteiger partial charge in [-0.1, -0.05) is 24.3 Å². The second-order valence-corrected chi connectivity index (χ2v) is 5.21. The Hall–Kier alpha value is -1.75. The molecule has 0 N–H and O–H groups in total. The topological polar surface area (TPSA) is 12.5 Å². The van der Waals surface area contributed by atoms with Crippen molar-refractivity contribution in [1.82, 2.24) is 4.90 Å². The average molecular weight is 311 g/mol. The summed E-state index contributed by atoms with van der Waals surface area (Å²) in [4.78, 5) is 2.05. The van der Waals surface area contributed by atoms with Crippen molar-refractivity contribution in [3.8, 4) is 0 Å². The smallest absolute Gasteiger partial charge is 0.377 e. The third-order valence-corrected chi connectivity index (χ3v) is 3.72. The minimum Gasteiger partial charge on any atom is -0.377 e. The molecule has 1 aromatic carbocycles. The van der Waals surface area contributed by atoms with E-state index in [-0.39, 0.29) is 6.10 Å². The summed E-state index contributed by atoms with van der Waals surface area (Å²) in [5.74, 6) is 0. The summed E-state index contributed by atoms with van der Waals surface area (Å²) in [7, 11) is 1.66. The maximum absolute atomic E-state index is 12.8. The Morgan fingerprint density at radius 2 is 2.09 bits per heavy atom. The molecule has 1 aliphatic rings. The number of ether oxygens (including phenoxy) is 1. The van der Waals surface area contributed by atoms with Crippen LogP contribution >= 0.6 is 0 Å². The minimum atomic E-state index is -4.30. The Kier molecular flexibility index (Phi) is 5.29. The van der Waals surface area contributed by atoms with E-state index in [2.05, 4.69) is 11.0 Å². The Bertz CT molecular complexity index is 563. The maximum atomic E-state index is 12.8. The summed E-state index contributed by atoms with van der Waals surface area (Å²) in [6.07, 6.45) is 2.56. The van der Waals surface area contributed by atoms with Crippen molar-refractivity contribution in [3.63, 3.8) is 0 Å². The van der Waals surface area contributed by atoms with Gasteiger partial charge in [0.1, 0.15) is 0 Å². The molecule has 0 saturated carbocycles. The molecule has 0 spiro atoms. The van der Waals surface area contributed by atoms with Crippen molar-refractivity contribution in [2.45, 2.75) is 32.2 Å². The predicted octanol–water partition coefficient (Wildman–Crippen LogP) is 4.39. The average Bonchev–Trinajstić information content (AvgIpc) is 2.52. The number of nitrogens with zero attached hydrogens (tertiary/aromatic N) is 1. The summed E-state index contributed by atoms with van der Waals surface area (Å²) in [5.41, 5.74) is 1.07. The fourth-order valence-electron chi connectivity index (χ4n) is 2.45. The van der Waals surface area contributed by atoms with Crippen LogP contribution in [0.1, 0.15) is 24.5 Å². The highest BCUT2D eigenvalue weighted by molar-refractivity contribution is 5.28. The number of likely N-dealkylation sites (N-methyl/N-ethyl adjacent to an activating group) is 1. The molecule has 22 heavy (non-hydrogen) atoms. The van der Waals surface area contributed by atoms with Crippen LogP contribution in [0.5, 0.6) is 0 Å². The molecule has 2 rings (SSSR count). The van der Waals surface area contributed by atoms with Crippen LogP contribution in [0.15, 0.2) is 48.2 Å². The lowest BCUT2D eigenvalue weighted by Gasteiger charge is -2.27. The predicted molar refractivity (Wildman–Crippen MR) is 80.2 cm³/mol. The molecule has 0 saturated heterocycles. The number of benzene rings is 1. The third kappa shape index (κ3) is 4.13. The van der Waals surface area contributed by atoms with E-state index in [0.717, 1.165) is 24.7 Å². The molecule has 5 heteroatoms. The molecule has 1 unspecified atom stereocenters. The molecule has 2 nitrogen and oxygen atoms in total. The first-order valence-corrected chi connectivity index (χ1v) is 7.26. The van der Waals surface area contributed by atoms with Crippen molar-refractivity contribution in [1.29, 1.82) is 0 Å². The Morgan fingerprint density at radius 3 is 2.64 bits per heavy atom. The van der Waals surface area contributed by atoms with Crippen molar-refractivity contribution in [3.05, 3.63) is 59.3 Å². The van der Waals surface area contributed by atoms with Crippen molar-refractivity contribution in [2.75, 3.05) is 13.7 Å². The standard InChI is InChI=1S/C17H20F3NO/c1-3-21(15-7-9-16(22-2)10-8-15)12-13-5-4-6-14(11-13)17(18,19)20/h4-9,11,16H,3,10,12H2,1-2H3. The number of rotatable bonds is 5. The van der Waals surface area contributed by atoms with E-state index < -0.39 is 11.7 Å². The molecule has 0 aromatic heterocycles. The fraction of sp³-hybridized carbons (Fsp3) is 0.412. The van der Waals surface area contributed by atoms with Crippen LogP contribution in [0.25, 0.3) is 0 Å². The number of methoxy groups -OCH3 is 1. The van der Waals surface area contributed by atoms with Gasteiger partial charge in [-0.2, -0.15) is 13.2 Å². The molecule has 0 amide bonds. The van der Waals surface area contributed by atoms with Gasteiger partial charge in [0.15, 0.2) is 0 Å². The number of hydrogen-bond donors (Lipinski definition) is 0. The highest BCUT2D eigenvalue weighted by atomic mass is 19.4. The summed E-state index contributed by atoms with van der Waals surface area (Å²) in [6, 6.07) is 5.50. The molecular weight excluding hydrogens is 291 g/mol. The van der Waals surface area contributed by atoms with Gasteiger partial charge in [-0.25, -0.2) is 0 Å². The van der Waals surface area contributed by atoms with Gasteiger partial charge in [0, 0.05) is 25.9 Å². The zero-order valence-electron chi connectivity index (χ0n) is 12.7. The highest BCUT2D eigenvalue weighted by Gasteiger charge is 2.30. The Labute approximate surface area is 128 Å². The van der Waals surface area contributed by atoms with Gasteiger partial charge in [0.2, 0.25) is 0 Å². The zero-order valence-corrected chi connectivity index (χ0v) is 12.7. The van der Waals surface area contributed by atoms with Crippen LogP contribution in [-0.4, -0.2) is 24.7 Å². The largest absolute Gasteiger partial charge is 0.416 e. The van der Waals surface area contributed by atoms with E-state index in [1.807, 2.05) is 19.1 Å². The second kappa shape index (κ2) is 7.01. The van der Waals surface area contributed by atoms with Crippen molar-refractivity contribution < 1.29 is 17.9 Å². The lowest BCUT2D eigenvalue weighted by Crippen LogP contribution is -2.24. The summed E-state index contributed by atoms with van der Waals surface area (Å²) in [6.45, 7) is 3.17. The summed E-state index contributed by atoms with van der Waals surface area (Å²) >= 11 is 0. The first-order valence-electron chi connectivity index (χ1n) is 7.26. The molecule has 1 aliphatic carbocycles. The third-order valence-electron chi connectivity index (χ3n) is 3.72. The molecule has 0 fully saturated rings. The normalized spacial score (nSPS) is 18.2. The van der Waals surface area contributed by atoms with E-state index >= 15 is 0 Å². The number of allylic oxidation sites excluding steroid dienone is 1. The van der Waals surface area contributed by atoms with Crippen LogP contribution in [-0.2, 0) is 17.5 Å². The van der Waals surface area contributed by atoms with Crippen LogP contribution in [0, 0.1) is 0 Å². The summed E-state index contributed by atoms with van der Waals surface area (Å²) < 4.78 is 43.6. The van der Waals surface area contributed by atoms with E-state index in [1.165, 1.54) is 12.1 Å². The van der Waals surface area contributed by atoms with E-state index in [0.29, 0.717) is 12.1 Å². The van der Waals surface area contributed by atoms with Gasteiger partial charge in [-0.3, -0.25) is 0 Å². The molecule has 0 radical (unpaired) electrons. The molecule has 0 heterocycles. The van der Waals surface area contributed by atoms with Gasteiger partial charge in [0.25, 0.3) is 0 Å². The van der Waals surface area contributed by atoms with E-state index in [4.69, 9.17) is 4.74 Å². The lowest BCUT2D eigenvalue weighted by atomic mass is 10.1. The Balaban J connectivity index is 2.11. The zero-order chi connectivity index (χ0) is 16.2. The van der Waals surface area contributed by atoms with Crippen molar-refractivity contribution in [2.24, 2.45) is 0 Å². The Morgan fingerprint density at radius 1 is 1.32 bits per heavy atom. The van der Waals surface area contributed by atoms with Gasteiger partial charge in [0.05, 0.1) is 11.7 Å². The first-order chi connectivity index (χ1) is 10.4. The maximum Gasteiger partial charge on any atom is 0.416 e. The van der Waals surface area contributed by atoms with E-state index in [1.54, 1.807) is 13.2 Å². The number of alkyl halides is 3. The molecular formula is C17H20F3NO. The van der Waals surface area contributed by atoms with Crippen LogP contribution in [0.3, 0.4) is 0 Å². The molecule has 0 aliphatic heterocycles. The minimum absolute atomic E-state index is 0.0796. The fourth-order valence-corrected chi connectivity index (χ4v) is 2.45. The van der Waals surface area contributed by atoms with Crippen LogP contribution < -0.4 is 0 Å². The van der Waals surface area contributed by atoms with Crippen LogP contribution in [0.4, 0.5) is 13.2 Å².